The predicted octanol–water partition coefficient (Wildman–Crippen LogP) is -0.417. The molecule has 18 heteroatoms. The Bertz CT molecular complexity index is 1660. The average molecular weight is 933 g/mol. The van der Waals surface area contributed by atoms with Crippen molar-refractivity contribution < 1.29 is 89.7 Å². The van der Waals surface area contributed by atoms with E-state index in [9.17, 15) is 61.3 Å². The molecule has 12 N–H and O–H groups in total. The molecule has 4 saturated carbocycles. The number of allylic oxidation sites excluding steroid dienone is 2. The second-order valence-corrected chi connectivity index (χ2v) is 22.6. The van der Waals surface area contributed by atoms with Crippen LogP contribution in [0.4, 0.5) is 0 Å². The Morgan fingerprint density at radius 1 is 0.692 bits per heavy atom. The standard InChI is InChI=1S/C47H80O18/c1-21(2)10-9-13-47(8,65-41-37(59)34(56)32(54)26(18-48)62-41)22-11-15-45(6)30(22)23(50)16-28-44(5)14-12-29(52)43(3,4)39(44)25(17-46(28,45)7)61-42-38(35(57)33(55)27(19-49)63-42)64-40-36(58)31(53)24(51)20-60-40/h10,22-42,48-59H,9,11-20H2,1-8H3/t22?,23?,24-,25?,26-,27-,28?,29?,30?,31+,32-,33-,34+,35+,36-,37-,38-,39?,40-,41+,42-,44?,45?,46?,47?/m1/s1. The first-order valence-corrected chi connectivity index (χ1v) is 23.9. The molecule has 0 bridgehead atoms. The van der Waals surface area contributed by atoms with Crippen LogP contribution in [-0.4, -0.2) is 191 Å². The molecule has 0 aromatic rings. The molecule has 3 saturated heterocycles. The average Bonchev–Trinajstić information content (AvgIpc) is 3.63. The van der Waals surface area contributed by atoms with Gasteiger partial charge in [0.05, 0.1) is 43.7 Å². The summed E-state index contributed by atoms with van der Waals surface area (Å²) in [5.74, 6) is -1.11. The van der Waals surface area contributed by atoms with E-state index in [1.54, 1.807) is 0 Å². The summed E-state index contributed by atoms with van der Waals surface area (Å²) in [6.45, 7) is 15.0. The van der Waals surface area contributed by atoms with Crippen molar-refractivity contribution in [2.45, 2.75) is 217 Å². The maximum absolute atomic E-state index is 12.7. The molecule has 4 aliphatic carbocycles. The fourth-order valence-electron chi connectivity index (χ4n) is 14.6. The smallest absolute Gasteiger partial charge is 0.187 e. The highest BCUT2D eigenvalue weighted by Crippen LogP contribution is 2.76. The summed E-state index contributed by atoms with van der Waals surface area (Å²) < 4.78 is 37.7. The SMILES string of the molecule is CC(C)=CCCC(C)(O[C@@H]1O[C@H](CO)[C@@H](O)[C@H](O)[C@H]1O)C1CCC2(C)C1C(O)CC1C3(C)CCC(O)C(C)(C)C3C(O[C@@H]3O[C@H](CO)[C@@H](O)[C@H](O)[C@H]3O[C@H]3OC[C@@H](O)[C@H](O)[C@H]3O)CC12C. The van der Waals surface area contributed by atoms with E-state index in [1.807, 2.05) is 34.6 Å². The first kappa shape index (κ1) is 51.9. The van der Waals surface area contributed by atoms with E-state index >= 15 is 0 Å². The van der Waals surface area contributed by atoms with Gasteiger partial charge in [-0.25, -0.2) is 0 Å². The molecule has 18 nitrogen and oxygen atoms in total. The van der Waals surface area contributed by atoms with Crippen LogP contribution in [-0.2, 0) is 28.4 Å². The molecule has 3 heterocycles. The number of rotatable bonds is 12. The molecule has 0 amide bonds. The molecule has 65 heavy (non-hydrogen) atoms. The zero-order valence-corrected chi connectivity index (χ0v) is 39.3. The van der Waals surface area contributed by atoms with Crippen LogP contribution in [0.25, 0.3) is 0 Å². The van der Waals surface area contributed by atoms with Gasteiger partial charge in [-0.05, 0) is 117 Å². The van der Waals surface area contributed by atoms with Crippen LogP contribution in [0.2, 0.25) is 0 Å². The fraction of sp³-hybridized carbons (Fsp3) is 0.957. The van der Waals surface area contributed by atoms with Gasteiger partial charge in [0.15, 0.2) is 18.9 Å². The molecule has 7 aliphatic rings. The maximum atomic E-state index is 12.7. The highest BCUT2D eigenvalue weighted by Gasteiger charge is 2.74. The molecule has 3 aliphatic heterocycles. The second-order valence-electron chi connectivity index (χ2n) is 22.6. The van der Waals surface area contributed by atoms with Crippen LogP contribution in [0.5, 0.6) is 0 Å². The molecule has 11 unspecified atom stereocenters. The molecule has 0 radical (unpaired) electrons. The lowest BCUT2D eigenvalue weighted by Crippen LogP contribution is -2.71. The van der Waals surface area contributed by atoms with Crippen molar-refractivity contribution in [1.29, 1.82) is 0 Å². The van der Waals surface area contributed by atoms with Gasteiger partial charge in [0, 0.05) is 0 Å². The van der Waals surface area contributed by atoms with Gasteiger partial charge in [-0.1, -0.05) is 46.3 Å². The Hall–Kier alpha value is -0.980. The van der Waals surface area contributed by atoms with Crippen LogP contribution in [0.3, 0.4) is 0 Å². The summed E-state index contributed by atoms with van der Waals surface area (Å²) in [7, 11) is 0. The third-order valence-corrected chi connectivity index (χ3v) is 18.3. The highest BCUT2D eigenvalue weighted by molar-refractivity contribution is 5.22. The molecule has 7 rings (SSSR count). The van der Waals surface area contributed by atoms with Crippen molar-refractivity contribution in [2.75, 3.05) is 19.8 Å². The van der Waals surface area contributed by atoms with E-state index in [0.717, 1.165) is 5.57 Å². The monoisotopic (exact) mass is 933 g/mol. The first-order chi connectivity index (χ1) is 30.3. The number of ether oxygens (including phenoxy) is 6. The van der Waals surface area contributed by atoms with Crippen LogP contribution < -0.4 is 0 Å². The summed E-state index contributed by atoms with van der Waals surface area (Å²) in [5.41, 5.74) is -2.41. The lowest BCUT2D eigenvalue weighted by molar-refractivity contribution is -0.377. The van der Waals surface area contributed by atoms with Gasteiger partial charge in [0.2, 0.25) is 0 Å². The zero-order valence-electron chi connectivity index (χ0n) is 39.3. The van der Waals surface area contributed by atoms with E-state index in [1.165, 1.54) is 0 Å². The van der Waals surface area contributed by atoms with E-state index in [-0.39, 0.29) is 30.3 Å². The minimum Gasteiger partial charge on any atom is -0.394 e. The lowest BCUT2D eigenvalue weighted by atomic mass is 9.34. The zero-order chi connectivity index (χ0) is 47.9. The molecule has 7 fully saturated rings. The van der Waals surface area contributed by atoms with Crippen LogP contribution >= 0.6 is 0 Å². The van der Waals surface area contributed by atoms with Gasteiger partial charge >= 0.3 is 0 Å². The van der Waals surface area contributed by atoms with Gasteiger partial charge in [-0.15, -0.1) is 0 Å². The normalized spacial score (nSPS) is 53.0. The number of hydrogen-bond acceptors (Lipinski definition) is 18. The quantitative estimate of drug-likeness (QED) is 0.0874. The molecule has 0 aromatic carbocycles. The lowest BCUT2D eigenvalue weighted by Gasteiger charge is -2.72. The van der Waals surface area contributed by atoms with E-state index in [2.05, 4.69) is 26.8 Å². The van der Waals surface area contributed by atoms with Crippen LogP contribution in [0.1, 0.15) is 107 Å². The molecule has 0 spiro atoms. The van der Waals surface area contributed by atoms with Crippen molar-refractivity contribution in [2.24, 2.45) is 45.3 Å². The molecular formula is C47H80O18. The Morgan fingerprint density at radius 2 is 1.31 bits per heavy atom. The van der Waals surface area contributed by atoms with Gasteiger partial charge in [-0.2, -0.15) is 0 Å². The third-order valence-electron chi connectivity index (χ3n) is 18.3. The third kappa shape index (κ3) is 8.72. The number of hydrogen-bond donors (Lipinski definition) is 12. The highest BCUT2D eigenvalue weighted by atomic mass is 16.8. The van der Waals surface area contributed by atoms with Gasteiger partial charge in [0.25, 0.3) is 0 Å². The summed E-state index contributed by atoms with van der Waals surface area (Å²) >= 11 is 0. The predicted molar refractivity (Wildman–Crippen MR) is 229 cm³/mol. The van der Waals surface area contributed by atoms with Crippen molar-refractivity contribution >= 4 is 0 Å². The van der Waals surface area contributed by atoms with Gasteiger partial charge < -0.3 is 89.7 Å². The topological polar surface area (TPSA) is 298 Å². The Labute approximate surface area is 382 Å². The molecule has 376 valence electrons. The summed E-state index contributed by atoms with van der Waals surface area (Å²) in [4.78, 5) is 0. The summed E-state index contributed by atoms with van der Waals surface area (Å²) in [5, 5.41) is 131. The molecule has 0 aromatic heterocycles. The van der Waals surface area contributed by atoms with Gasteiger partial charge in [0.1, 0.15) is 67.1 Å². The Kier molecular flexibility index (Phi) is 15.1. The van der Waals surface area contributed by atoms with E-state index in [4.69, 9.17) is 28.4 Å². The minimum atomic E-state index is -1.73. The summed E-state index contributed by atoms with van der Waals surface area (Å²) in [6.07, 6.45) is -17.2. The largest absolute Gasteiger partial charge is 0.394 e. The second kappa shape index (κ2) is 19.0. The molecule has 25 atom stereocenters. The van der Waals surface area contributed by atoms with Crippen molar-refractivity contribution in [3.8, 4) is 0 Å². The number of aliphatic hydroxyl groups is 12. The van der Waals surface area contributed by atoms with Crippen molar-refractivity contribution in [1.82, 2.24) is 0 Å². The minimum absolute atomic E-state index is 0.0828. The molecular weight excluding hydrogens is 852 g/mol. The van der Waals surface area contributed by atoms with Crippen LogP contribution in [0.15, 0.2) is 11.6 Å². The fourth-order valence-corrected chi connectivity index (χ4v) is 14.6. The number of aliphatic hydroxyl groups excluding tert-OH is 12. The Balaban J connectivity index is 1.27. The van der Waals surface area contributed by atoms with E-state index < -0.39 is 145 Å². The number of fused-ring (bicyclic) bond motifs is 5. The Morgan fingerprint density at radius 3 is 1.94 bits per heavy atom. The van der Waals surface area contributed by atoms with Crippen molar-refractivity contribution in [3.05, 3.63) is 11.6 Å². The van der Waals surface area contributed by atoms with Crippen molar-refractivity contribution in [3.63, 3.8) is 0 Å². The van der Waals surface area contributed by atoms with Crippen LogP contribution in [0, 0.1) is 45.3 Å². The van der Waals surface area contributed by atoms with E-state index in [0.29, 0.717) is 51.4 Å². The van der Waals surface area contributed by atoms with Gasteiger partial charge in [-0.3, -0.25) is 0 Å². The summed E-state index contributed by atoms with van der Waals surface area (Å²) in [6, 6.07) is 0. The first-order valence-electron chi connectivity index (χ1n) is 23.9. The maximum Gasteiger partial charge on any atom is 0.187 e.